The quantitative estimate of drug-likeness (QED) is 0.866. The Balaban J connectivity index is 1.47. The van der Waals surface area contributed by atoms with Gasteiger partial charge in [0.05, 0.1) is 11.6 Å². The van der Waals surface area contributed by atoms with E-state index >= 15 is 0 Å². The van der Waals surface area contributed by atoms with Gasteiger partial charge in [-0.15, -0.1) is 0 Å². The molecule has 6 nitrogen and oxygen atoms in total. The third-order valence-corrected chi connectivity index (χ3v) is 4.93. The highest BCUT2D eigenvalue weighted by molar-refractivity contribution is 5.97. The van der Waals surface area contributed by atoms with E-state index in [0.29, 0.717) is 24.2 Å². The highest BCUT2D eigenvalue weighted by Crippen LogP contribution is 2.11. The van der Waals surface area contributed by atoms with Gasteiger partial charge in [-0.1, -0.05) is 30.3 Å². The Morgan fingerprint density at radius 3 is 2.29 bits per heavy atom. The van der Waals surface area contributed by atoms with E-state index in [1.165, 1.54) is 0 Å². The first-order valence-electron chi connectivity index (χ1n) is 9.43. The zero-order valence-electron chi connectivity index (χ0n) is 16.0. The number of carbonyl (C=O) groups is 2. The lowest BCUT2D eigenvalue weighted by Gasteiger charge is -2.36. The molecular formula is C22H24N4O2. The van der Waals surface area contributed by atoms with Crippen LogP contribution in [0, 0.1) is 11.3 Å². The summed E-state index contributed by atoms with van der Waals surface area (Å²) in [7, 11) is 0. The molecule has 1 heterocycles. The van der Waals surface area contributed by atoms with Gasteiger partial charge in [-0.2, -0.15) is 5.26 Å². The molecule has 3 rings (SSSR count). The number of nitrogens with one attached hydrogen (secondary N) is 1. The van der Waals surface area contributed by atoms with Gasteiger partial charge in [0, 0.05) is 38.3 Å². The van der Waals surface area contributed by atoms with Crippen molar-refractivity contribution in [2.45, 2.75) is 19.5 Å². The maximum atomic E-state index is 12.7. The lowest BCUT2D eigenvalue weighted by Crippen LogP contribution is -2.53. The second-order valence-electron chi connectivity index (χ2n) is 6.97. The SMILES string of the molecule is C[C@@H](NC(=O)c1ccccc1)C(=O)N1CCN(Cc2ccc(C#N)cc2)CC1. The lowest BCUT2D eigenvalue weighted by molar-refractivity contribution is -0.134. The van der Waals surface area contributed by atoms with Crippen molar-refractivity contribution in [2.24, 2.45) is 0 Å². The van der Waals surface area contributed by atoms with Crippen molar-refractivity contribution in [3.8, 4) is 6.07 Å². The van der Waals surface area contributed by atoms with Crippen LogP contribution >= 0.6 is 0 Å². The molecule has 2 aromatic carbocycles. The molecule has 0 bridgehead atoms. The molecule has 1 saturated heterocycles. The molecule has 6 heteroatoms. The minimum Gasteiger partial charge on any atom is -0.341 e. The number of piperazine rings is 1. The standard InChI is InChI=1S/C22H24N4O2/c1-17(24-21(27)20-5-3-2-4-6-20)22(28)26-13-11-25(12-14-26)16-19-9-7-18(15-23)8-10-19/h2-10,17H,11-14,16H2,1H3,(H,24,27)/t17-/m1/s1. The Morgan fingerprint density at radius 2 is 1.68 bits per heavy atom. The molecule has 144 valence electrons. The van der Waals surface area contributed by atoms with Gasteiger partial charge in [0.25, 0.3) is 5.91 Å². The Kier molecular flexibility index (Phi) is 6.41. The number of benzene rings is 2. The third kappa shape index (κ3) is 4.96. The van der Waals surface area contributed by atoms with Crippen molar-refractivity contribution in [1.29, 1.82) is 5.26 Å². The van der Waals surface area contributed by atoms with Gasteiger partial charge >= 0.3 is 0 Å². The van der Waals surface area contributed by atoms with E-state index in [0.717, 1.165) is 25.2 Å². The first-order chi connectivity index (χ1) is 13.6. The van der Waals surface area contributed by atoms with Crippen LogP contribution in [0.3, 0.4) is 0 Å². The molecule has 1 fully saturated rings. The topological polar surface area (TPSA) is 76.4 Å². The number of hydrogen-bond donors (Lipinski definition) is 1. The maximum Gasteiger partial charge on any atom is 0.251 e. The predicted octanol–water partition coefficient (Wildman–Crippen LogP) is 2.02. The largest absolute Gasteiger partial charge is 0.341 e. The molecule has 0 unspecified atom stereocenters. The van der Waals surface area contributed by atoms with Gasteiger partial charge in [-0.25, -0.2) is 0 Å². The highest BCUT2D eigenvalue weighted by Gasteiger charge is 2.26. The molecule has 1 atom stereocenters. The van der Waals surface area contributed by atoms with Crippen LogP contribution in [0.25, 0.3) is 0 Å². The Hall–Kier alpha value is -3.17. The van der Waals surface area contributed by atoms with Crippen LogP contribution in [-0.2, 0) is 11.3 Å². The first kappa shape index (κ1) is 19.6. The Bertz CT molecular complexity index is 850. The lowest BCUT2D eigenvalue weighted by atomic mass is 10.1. The van der Waals surface area contributed by atoms with Crippen molar-refractivity contribution >= 4 is 11.8 Å². The fraction of sp³-hybridized carbons (Fsp3) is 0.318. The summed E-state index contributed by atoms with van der Waals surface area (Å²) >= 11 is 0. The summed E-state index contributed by atoms with van der Waals surface area (Å²) in [6.45, 7) is 5.37. The van der Waals surface area contributed by atoms with E-state index in [1.54, 1.807) is 31.2 Å². The second kappa shape index (κ2) is 9.16. The van der Waals surface area contributed by atoms with E-state index in [9.17, 15) is 9.59 Å². The van der Waals surface area contributed by atoms with E-state index < -0.39 is 6.04 Å². The van der Waals surface area contributed by atoms with Crippen LogP contribution < -0.4 is 5.32 Å². The van der Waals surface area contributed by atoms with Gasteiger partial charge in [-0.3, -0.25) is 14.5 Å². The third-order valence-electron chi connectivity index (χ3n) is 4.93. The number of hydrogen-bond acceptors (Lipinski definition) is 4. The Labute approximate surface area is 165 Å². The molecule has 0 saturated carbocycles. The molecule has 0 radical (unpaired) electrons. The molecule has 2 aromatic rings. The molecule has 1 aliphatic rings. The van der Waals surface area contributed by atoms with Crippen LogP contribution in [0.4, 0.5) is 0 Å². The molecule has 0 spiro atoms. The molecule has 0 aliphatic carbocycles. The smallest absolute Gasteiger partial charge is 0.251 e. The molecule has 2 amide bonds. The summed E-state index contributed by atoms with van der Waals surface area (Å²) in [5.41, 5.74) is 2.36. The number of rotatable bonds is 5. The maximum absolute atomic E-state index is 12.7. The van der Waals surface area contributed by atoms with Gasteiger partial charge in [0.2, 0.25) is 5.91 Å². The average Bonchev–Trinajstić information content (AvgIpc) is 2.75. The summed E-state index contributed by atoms with van der Waals surface area (Å²) in [4.78, 5) is 29.0. The van der Waals surface area contributed by atoms with Crippen LogP contribution in [0.5, 0.6) is 0 Å². The summed E-state index contributed by atoms with van der Waals surface area (Å²) in [6.07, 6.45) is 0. The van der Waals surface area contributed by atoms with E-state index in [2.05, 4.69) is 16.3 Å². The molecule has 1 aliphatic heterocycles. The number of amides is 2. The van der Waals surface area contributed by atoms with E-state index in [4.69, 9.17) is 5.26 Å². The minimum atomic E-state index is -0.558. The minimum absolute atomic E-state index is 0.0534. The predicted molar refractivity (Wildman–Crippen MR) is 106 cm³/mol. The van der Waals surface area contributed by atoms with Crippen LogP contribution in [-0.4, -0.2) is 53.8 Å². The summed E-state index contributed by atoms with van der Waals surface area (Å²) in [5.74, 6) is -0.289. The second-order valence-corrected chi connectivity index (χ2v) is 6.97. The monoisotopic (exact) mass is 376 g/mol. The van der Waals surface area contributed by atoms with Crippen molar-refractivity contribution < 1.29 is 9.59 Å². The van der Waals surface area contributed by atoms with Crippen molar-refractivity contribution in [3.63, 3.8) is 0 Å². The summed E-state index contributed by atoms with van der Waals surface area (Å²) < 4.78 is 0. The highest BCUT2D eigenvalue weighted by atomic mass is 16.2. The molecule has 0 aromatic heterocycles. The van der Waals surface area contributed by atoms with Gasteiger partial charge < -0.3 is 10.2 Å². The van der Waals surface area contributed by atoms with Gasteiger partial charge in [0.15, 0.2) is 0 Å². The molecule has 28 heavy (non-hydrogen) atoms. The summed E-state index contributed by atoms with van der Waals surface area (Å²) in [5, 5.41) is 11.7. The van der Waals surface area contributed by atoms with Crippen LogP contribution in [0.2, 0.25) is 0 Å². The number of nitrogens with zero attached hydrogens (tertiary/aromatic N) is 3. The van der Waals surface area contributed by atoms with E-state index in [1.807, 2.05) is 35.2 Å². The summed E-state index contributed by atoms with van der Waals surface area (Å²) in [6, 6.07) is 18.1. The fourth-order valence-electron chi connectivity index (χ4n) is 3.27. The average molecular weight is 376 g/mol. The first-order valence-corrected chi connectivity index (χ1v) is 9.43. The normalized spacial score (nSPS) is 15.5. The number of nitriles is 1. The van der Waals surface area contributed by atoms with Crippen LogP contribution in [0.1, 0.15) is 28.4 Å². The van der Waals surface area contributed by atoms with Crippen molar-refractivity contribution in [3.05, 3.63) is 71.3 Å². The van der Waals surface area contributed by atoms with Crippen LogP contribution in [0.15, 0.2) is 54.6 Å². The Morgan fingerprint density at radius 1 is 1.04 bits per heavy atom. The molecular weight excluding hydrogens is 352 g/mol. The van der Waals surface area contributed by atoms with Gasteiger partial charge in [0.1, 0.15) is 6.04 Å². The zero-order chi connectivity index (χ0) is 19.9. The number of carbonyl (C=O) groups excluding carboxylic acids is 2. The fourth-order valence-corrected chi connectivity index (χ4v) is 3.27. The van der Waals surface area contributed by atoms with Gasteiger partial charge in [-0.05, 0) is 36.8 Å². The van der Waals surface area contributed by atoms with Crippen molar-refractivity contribution in [2.75, 3.05) is 26.2 Å². The van der Waals surface area contributed by atoms with Crippen molar-refractivity contribution in [1.82, 2.24) is 15.1 Å². The van der Waals surface area contributed by atoms with E-state index in [-0.39, 0.29) is 11.8 Å². The molecule has 1 N–H and O–H groups in total. The zero-order valence-corrected chi connectivity index (χ0v) is 16.0.